The number of hydrogen-bond acceptors (Lipinski definition) is 4. The zero-order valence-corrected chi connectivity index (χ0v) is 8.21. The molecule has 1 aromatic heterocycles. The summed E-state index contributed by atoms with van der Waals surface area (Å²) in [7, 11) is 0. The normalized spacial score (nSPS) is 15.2. The second kappa shape index (κ2) is 3.34. The van der Waals surface area contributed by atoms with E-state index >= 15 is 0 Å². The van der Waals surface area contributed by atoms with E-state index in [9.17, 15) is 4.79 Å². The molecule has 0 spiro atoms. The lowest BCUT2D eigenvalue weighted by Gasteiger charge is -2.08. The van der Waals surface area contributed by atoms with Gasteiger partial charge in [0.05, 0.1) is 4.88 Å². The lowest BCUT2D eigenvalue weighted by Crippen LogP contribution is -1.95. The van der Waals surface area contributed by atoms with Crippen LogP contribution in [-0.4, -0.2) is 11.1 Å². The highest BCUT2D eigenvalue weighted by molar-refractivity contribution is 7.14. The monoisotopic (exact) mass is 212 g/mol. The van der Waals surface area contributed by atoms with Crippen molar-refractivity contribution in [1.29, 1.82) is 0 Å². The van der Waals surface area contributed by atoms with Crippen LogP contribution in [0.1, 0.15) is 26.4 Å². The molecule has 0 saturated heterocycles. The van der Waals surface area contributed by atoms with E-state index in [2.05, 4.69) is 0 Å². The number of aromatic carboxylic acids is 1. The van der Waals surface area contributed by atoms with Crippen LogP contribution < -0.4 is 0 Å². The molecule has 0 atom stereocenters. The highest BCUT2D eigenvalue weighted by atomic mass is 32.1. The molecule has 1 aromatic rings. The van der Waals surface area contributed by atoms with Crippen LogP contribution >= 0.6 is 11.3 Å². The van der Waals surface area contributed by atoms with E-state index < -0.39 is 12.3 Å². The molecule has 0 radical (unpaired) electrons. The third-order valence-electron chi connectivity index (χ3n) is 1.84. The molecule has 5 heteroatoms. The van der Waals surface area contributed by atoms with Crippen LogP contribution in [0.2, 0.25) is 0 Å². The Morgan fingerprint density at radius 2 is 2.14 bits per heavy atom. The van der Waals surface area contributed by atoms with Crippen molar-refractivity contribution < 1.29 is 19.4 Å². The number of carboxylic acid groups (broad SMARTS) is 1. The molecule has 0 aliphatic carbocycles. The quantitative estimate of drug-likeness (QED) is 0.817. The Labute approximate surface area is 84.4 Å². The molecule has 0 fully saturated rings. The minimum absolute atomic E-state index is 0.302. The highest BCUT2D eigenvalue weighted by Gasteiger charge is 2.22. The van der Waals surface area contributed by atoms with Gasteiger partial charge in [-0.1, -0.05) is 0 Å². The van der Waals surface area contributed by atoms with E-state index in [-0.39, 0.29) is 0 Å². The van der Waals surface area contributed by atoms with Gasteiger partial charge in [-0.05, 0) is 18.6 Å². The average molecular weight is 212 g/mol. The van der Waals surface area contributed by atoms with Crippen LogP contribution in [0, 0.1) is 6.92 Å². The molecule has 0 saturated carbocycles. The summed E-state index contributed by atoms with van der Waals surface area (Å²) in [4.78, 5) is 11.8. The van der Waals surface area contributed by atoms with Crippen LogP contribution in [-0.2, 0) is 9.47 Å². The lowest BCUT2D eigenvalue weighted by molar-refractivity contribution is -0.0220. The van der Waals surface area contributed by atoms with Crippen molar-refractivity contribution in [2.75, 3.05) is 0 Å². The van der Waals surface area contributed by atoms with Crippen molar-refractivity contribution in [3.8, 4) is 0 Å². The summed E-state index contributed by atoms with van der Waals surface area (Å²) in [6, 6.07) is 1.62. The molecular formula is C9H8O4S. The van der Waals surface area contributed by atoms with Crippen molar-refractivity contribution in [1.82, 2.24) is 0 Å². The summed E-state index contributed by atoms with van der Waals surface area (Å²) < 4.78 is 10.3. The summed E-state index contributed by atoms with van der Waals surface area (Å²) in [5, 5.41) is 8.78. The van der Waals surface area contributed by atoms with Crippen molar-refractivity contribution in [2.24, 2.45) is 0 Å². The van der Waals surface area contributed by atoms with Crippen LogP contribution in [0.4, 0.5) is 0 Å². The number of carbonyl (C=O) groups is 1. The Morgan fingerprint density at radius 1 is 1.50 bits per heavy atom. The largest absolute Gasteiger partial charge is 0.477 e. The van der Waals surface area contributed by atoms with Crippen molar-refractivity contribution >= 4 is 17.3 Å². The first-order chi connectivity index (χ1) is 6.68. The molecule has 0 bridgehead atoms. The predicted octanol–water partition coefficient (Wildman–Crippen LogP) is 2.27. The summed E-state index contributed by atoms with van der Waals surface area (Å²) >= 11 is 1.18. The van der Waals surface area contributed by atoms with E-state index in [1.807, 2.05) is 6.92 Å². The molecule has 14 heavy (non-hydrogen) atoms. The summed E-state index contributed by atoms with van der Waals surface area (Å²) in [5.74, 6) is -0.921. The third-order valence-corrected chi connectivity index (χ3v) is 3.09. The van der Waals surface area contributed by atoms with Crippen LogP contribution in [0.3, 0.4) is 0 Å². The first-order valence-electron chi connectivity index (χ1n) is 3.98. The van der Waals surface area contributed by atoms with Crippen LogP contribution in [0.5, 0.6) is 0 Å². The number of rotatable bonds is 2. The third kappa shape index (κ3) is 1.46. The Balaban J connectivity index is 2.29. The standard InChI is InChI=1S/C9H8O4S/c1-5-4-6(8(10)11)14-7(5)9-12-2-3-13-9/h2-4,9H,1H3,(H,10,11). The van der Waals surface area contributed by atoms with E-state index in [1.165, 1.54) is 23.9 Å². The topological polar surface area (TPSA) is 55.8 Å². The zero-order valence-electron chi connectivity index (χ0n) is 7.39. The molecule has 2 rings (SSSR count). The van der Waals surface area contributed by atoms with Gasteiger partial charge in [0.1, 0.15) is 17.4 Å². The van der Waals surface area contributed by atoms with Gasteiger partial charge in [-0.2, -0.15) is 0 Å². The lowest BCUT2D eigenvalue weighted by atomic mass is 10.2. The first kappa shape index (κ1) is 9.08. The molecule has 0 unspecified atom stereocenters. The molecule has 0 amide bonds. The minimum Gasteiger partial charge on any atom is -0.477 e. The molecule has 74 valence electrons. The van der Waals surface area contributed by atoms with Gasteiger partial charge in [-0.15, -0.1) is 11.3 Å². The SMILES string of the molecule is Cc1cc(C(=O)O)sc1C1OC=CO1. The molecule has 1 N–H and O–H groups in total. The maximum Gasteiger partial charge on any atom is 0.345 e. The van der Waals surface area contributed by atoms with Gasteiger partial charge in [-0.3, -0.25) is 0 Å². The number of carboxylic acids is 1. The fraction of sp³-hybridized carbons (Fsp3) is 0.222. The smallest absolute Gasteiger partial charge is 0.345 e. The molecular weight excluding hydrogens is 204 g/mol. The Hall–Kier alpha value is -1.49. The van der Waals surface area contributed by atoms with Gasteiger partial charge in [0, 0.05) is 0 Å². The molecule has 2 heterocycles. The number of thiophene rings is 1. The van der Waals surface area contributed by atoms with Gasteiger partial charge in [-0.25, -0.2) is 4.79 Å². The molecule has 1 aliphatic rings. The second-order valence-corrected chi connectivity index (χ2v) is 3.92. The van der Waals surface area contributed by atoms with Gasteiger partial charge >= 0.3 is 5.97 Å². The maximum absolute atomic E-state index is 10.7. The van der Waals surface area contributed by atoms with Gasteiger partial charge < -0.3 is 14.6 Å². The Kier molecular flexibility index (Phi) is 2.17. The highest BCUT2D eigenvalue weighted by Crippen LogP contribution is 2.33. The summed E-state index contributed by atoms with van der Waals surface area (Å²) in [6.45, 7) is 1.84. The number of aryl methyl sites for hydroxylation is 1. The summed E-state index contributed by atoms with van der Waals surface area (Å²) in [5.41, 5.74) is 0.876. The zero-order chi connectivity index (χ0) is 10.1. The van der Waals surface area contributed by atoms with Crippen LogP contribution in [0.25, 0.3) is 0 Å². The van der Waals surface area contributed by atoms with Crippen molar-refractivity contribution in [3.63, 3.8) is 0 Å². The second-order valence-electron chi connectivity index (χ2n) is 2.84. The van der Waals surface area contributed by atoms with E-state index in [4.69, 9.17) is 14.6 Å². The van der Waals surface area contributed by atoms with Crippen LogP contribution in [0.15, 0.2) is 18.6 Å². The first-order valence-corrected chi connectivity index (χ1v) is 4.79. The summed E-state index contributed by atoms with van der Waals surface area (Å²) in [6.07, 6.45) is 2.42. The molecule has 1 aliphatic heterocycles. The number of hydrogen-bond donors (Lipinski definition) is 1. The fourth-order valence-electron chi connectivity index (χ4n) is 1.20. The van der Waals surface area contributed by atoms with Crippen molar-refractivity contribution in [3.05, 3.63) is 33.9 Å². The maximum atomic E-state index is 10.7. The van der Waals surface area contributed by atoms with E-state index in [0.29, 0.717) is 4.88 Å². The van der Waals surface area contributed by atoms with Gasteiger partial charge in [0.15, 0.2) is 0 Å². The number of ether oxygens (including phenoxy) is 2. The van der Waals surface area contributed by atoms with Gasteiger partial charge in [0.2, 0.25) is 0 Å². The Bertz CT molecular complexity index is 386. The Morgan fingerprint density at radius 3 is 2.64 bits per heavy atom. The minimum atomic E-state index is -0.921. The van der Waals surface area contributed by atoms with E-state index in [1.54, 1.807) is 6.07 Å². The van der Waals surface area contributed by atoms with Crippen molar-refractivity contribution in [2.45, 2.75) is 13.2 Å². The average Bonchev–Trinajstić information content (AvgIpc) is 2.71. The predicted molar refractivity (Wildman–Crippen MR) is 50.1 cm³/mol. The molecule has 4 nitrogen and oxygen atoms in total. The van der Waals surface area contributed by atoms with Gasteiger partial charge in [0.25, 0.3) is 6.29 Å². The van der Waals surface area contributed by atoms with E-state index in [0.717, 1.165) is 10.4 Å². The molecule has 0 aromatic carbocycles. The fourth-order valence-corrected chi connectivity index (χ4v) is 2.19.